The van der Waals surface area contributed by atoms with E-state index in [9.17, 15) is 4.79 Å². The van der Waals surface area contributed by atoms with Crippen LogP contribution in [-0.2, 0) is 4.74 Å². The summed E-state index contributed by atoms with van der Waals surface area (Å²) in [5, 5.41) is 4.90. The SMILES string of the molecule is O=C(Nc1cccc2cnccc12)c1cnc2c(c1)ncn2C1CCOCC1. The van der Waals surface area contributed by atoms with Gasteiger partial charge in [0.25, 0.3) is 5.91 Å². The van der Waals surface area contributed by atoms with Crippen LogP contribution in [0.15, 0.2) is 55.2 Å². The lowest BCUT2D eigenvalue weighted by atomic mass is 10.1. The number of benzene rings is 1. The number of ether oxygens (including phenoxy) is 1. The molecular formula is C21H19N5O2. The van der Waals surface area contributed by atoms with Crippen molar-refractivity contribution in [2.24, 2.45) is 0 Å². The molecule has 7 heteroatoms. The number of hydrogen-bond acceptors (Lipinski definition) is 5. The van der Waals surface area contributed by atoms with Gasteiger partial charge < -0.3 is 14.6 Å². The molecule has 0 saturated carbocycles. The summed E-state index contributed by atoms with van der Waals surface area (Å²) in [6.07, 6.45) is 8.82. The first-order chi connectivity index (χ1) is 13.8. The summed E-state index contributed by atoms with van der Waals surface area (Å²) in [6.45, 7) is 1.51. The monoisotopic (exact) mass is 373 g/mol. The normalized spacial score (nSPS) is 15.1. The second-order valence-corrected chi connectivity index (χ2v) is 6.92. The zero-order chi connectivity index (χ0) is 18.9. The van der Waals surface area contributed by atoms with Gasteiger partial charge >= 0.3 is 0 Å². The number of carbonyl (C=O) groups excluding carboxylic acids is 1. The summed E-state index contributed by atoms with van der Waals surface area (Å²) in [5.41, 5.74) is 2.76. The van der Waals surface area contributed by atoms with Crippen molar-refractivity contribution < 1.29 is 9.53 Å². The van der Waals surface area contributed by atoms with Gasteiger partial charge in [-0.3, -0.25) is 9.78 Å². The summed E-state index contributed by atoms with van der Waals surface area (Å²) >= 11 is 0. The highest BCUT2D eigenvalue weighted by Crippen LogP contribution is 2.26. The van der Waals surface area contributed by atoms with Crippen LogP contribution in [0, 0.1) is 0 Å². The Morgan fingerprint density at radius 2 is 2.04 bits per heavy atom. The second kappa shape index (κ2) is 7.01. The molecule has 5 rings (SSSR count). The molecule has 3 aromatic heterocycles. The molecule has 1 aliphatic rings. The number of imidazole rings is 1. The predicted octanol–water partition coefficient (Wildman–Crippen LogP) is 3.58. The van der Waals surface area contributed by atoms with Crippen LogP contribution in [0.3, 0.4) is 0 Å². The smallest absolute Gasteiger partial charge is 0.257 e. The summed E-state index contributed by atoms with van der Waals surface area (Å²) < 4.78 is 7.53. The first-order valence-corrected chi connectivity index (χ1v) is 9.34. The Labute approximate surface area is 161 Å². The van der Waals surface area contributed by atoms with Crippen molar-refractivity contribution in [1.82, 2.24) is 19.5 Å². The maximum atomic E-state index is 12.8. The molecule has 1 fully saturated rings. The third-order valence-corrected chi connectivity index (χ3v) is 5.19. The molecule has 0 unspecified atom stereocenters. The van der Waals surface area contributed by atoms with Crippen LogP contribution in [0.5, 0.6) is 0 Å². The zero-order valence-corrected chi connectivity index (χ0v) is 15.2. The fourth-order valence-corrected chi connectivity index (χ4v) is 3.70. The number of aromatic nitrogens is 4. The quantitative estimate of drug-likeness (QED) is 0.593. The molecule has 0 bridgehead atoms. The molecule has 1 saturated heterocycles. The number of hydrogen-bond donors (Lipinski definition) is 1. The Bertz CT molecular complexity index is 1160. The molecule has 4 aromatic rings. The predicted molar refractivity (Wildman–Crippen MR) is 106 cm³/mol. The number of amides is 1. The van der Waals surface area contributed by atoms with E-state index < -0.39 is 0 Å². The Kier molecular flexibility index (Phi) is 4.21. The molecular weight excluding hydrogens is 354 g/mol. The van der Waals surface area contributed by atoms with Crippen LogP contribution in [0.4, 0.5) is 5.69 Å². The fraction of sp³-hybridized carbons (Fsp3) is 0.238. The van der Waals surface area contributed by atoms with E-state index in [1.165, 1.54) is 0 Å². The Morgan fingerprint density at radius 1 is 1.14 bits per heavy atom. The Morgan fingerprint density at radius 3 is 2.93 bits per heavy atom. The number of pyridine rings is 2. The first kappa shape index (κ1) is 16.8. The van der Waals surface area contributed by atoms with E-state index in [0.29, 0.717) is 11.6 Å². The maximum absolute atomic E-state index is 12.8. The summed E-state index contributed by atoms with van der Waals surface area (Å²) in [6, 6.07) is 9.77. The van der Waals surface area contributed by atoms with Crippen LogP contribution in [-0.4, -0.2) is 38.6 Å². The number of carbonyl (C=O) groups is 1. The third kappa shape index (κ3) is 2.99. The molecule has 7 nitrogen and oxygen atoms in total. The van der Waals surface area contributed by atoms with Gasteiger partial charge in [-0.05, 0) is 31.0 Å². The average molecular weight is 373 g/mol. The Hall–Kier alpha value is -3.32. The molecule has 0 radical (unpaired) electrons. The number of rotatable bonds is 3. The van der Waals surface area contributed by atoms with Crippen LogP contribution in [0.2, 0.25) is 0 Å². The molecule has 0 atom stereocenters. The zero-order valence-electron chi connectivity index (χ0n) is 15.2. The van der Waals surface area contributed by atoms with E-state index in [0.717, 1.165) is 53.7 Å². The lowest BCUT2D eigenvalue weighted by Crippen LogP contribution is -2.19. The topological polar surface area (TPSA) is 81.9 Å². The van der Waals surface area contributed by atoms with Crippen LogP contribution in [0.25, 0.3) is 21.9 Å². The van der Waals surface area contributed by atoms with Crippen molar-refractivity contribution in [3.05, 3.63) is 60.8 Å². The average Bonchev–Trinajstić information content (AvgIpc) is 3.18. The van der Waals surface area contributed by atoms with Gasteiger partial charge in [0.2, 0.25) is 0 Å². The fourth-order valence-electron chi connectivity index (χ4n) is 3.70. The number of fused-ring (bicyclic) bond motifs is 2. The van der Waals surface area contributed by atoms with Crippen LogP contribution >= 0.6 is 0 Å². The maximum Gasteiger partial charge on any atom is 0.257 e. The lowest BCUT2D eigenvalue weighted by molar-refractivity contribution is 0.0704. The van der Waals surface area contributed by atoms with E-state index in [1.807, 2.05) is 30.6 Å². The molecule has 4 heterocycles. The van der Waals surface area contributed by atoms with Crippen LogP contribution < -0.4 is 5.32 Å². The van der Waals surface area contributed by atoms with Crippen molar-refractivity contribution in [2.45, 2.75) is 18.9 Å². The van der Waals surface area contributed by atoms with E-state index in [1.54, 1.807) is 24.7 Å². The number of nitrogens with zero attached hydrogens (tertiary/aromatic N) is 4. The van der Waals surface area contributed by atoms with Gasteiger partial charge in [-0.25, -0.2) is 9.97 Å². The molecule has 140 valence electrons. The summed E-state index contributed by atoms with van der Waals surface area (Å²) in [7, 11) is 0. The highest BCUT2D eigenvalue weighted by molar-refractivity contribution is 6.09. The second-order valence-electron chi connectivity index (χ2n) is 6.92. The van der Waals surface area contributed by atoms with E-state index >= 15 is 0 Å². The molecule has 0 aliphatic carbocycles. The first-order valence-electron chi connectivity index (χ1n) is 9.34. The molecule has 0 spiro atoms. The molecule has 1 aliphatic heterocycles. The summed E-state index contributed by atoms with van der Waals surface area (Å²) in [4.78, 5) is 25.9. The molecule has 28 heavy (non-hydrogen) atoms. The van der Waals surface area contributed by atoms with Gasteiger partial charge in [0.1, 0.15) is 5.52 Å². The van der Waals surface area contributed by atoms with Gasteiger partial charge in [-0.2, -0.15) is 0 Å². The van der Waals surface area contributed by atoms with Crippen molar-refractivity contribution in [1.29, 1.82) is 0 Å². The summed E-state index contributed by atoms with van der Waals surface area (Å²) in [5.74, 6) is -0.209. The van der Waals surface area contributed by atoms with Gasteiger partial charge in [0, 0.05) is 54.3 Å². The van der Waals surface area contributed by atoms with Crippen molar-refractivity contribution in [3.63, 3.8) is 0 Å². The molecule has 1 aromatic carbocycles. The molecule has 1 amide bonds. The van der Waals surface area contributed by atoms with Crippen molar-refractivity contribution >= 4 is 33.5 Å². The number of nitrogens with one attached hydrogen (secondary N) is 1. The van der Waals surface area contributed by atoms with E-state index in [2.05, 4.69) is 24.8 Å². The highest BCUT2D eigenvalue weighted by atomic mass is 16.5. The largest absolute Gasteiger partial charge is 0.381 e. The van der Waals surface area contributed by atoms with Gasteiger partial charge in [0.15, 0.2) is 5.65 Å². The van der Waals surface area contributed by atoms with Crippen molar-refractivity contribution in [3.8, 4) is 0 Å². The van der Waals surface area contributed by atoms with Gasteiger partial charge in [-0.1, -0.05) is 12.1 Å². The van der Waals surface area contributed by atoms with Gasteiger partial charge in [-0.15, -0.1) is 0 Å². The van der Waals surface area contributed by atoms with Gasteiger partial charge in [0.05, 0.1) is 11.9 Å². The minimum Gasteiger partial charge on any atom is -0.381 e. The number of anilines is 1. The Balaban J connectivity index is 1.43. The molecule has 1 N–H and O–H groups in total. The highest BCUT2D eigenvalue weighted by Gasteiger charge is 2.19. The minimum atomic E-state index is -0.209. The third-order valence-electron chi connectivity index (χ3n) is 5.19. The van der Waals surface area contributed by atoms with E-state index in [4.69, 9.17) is 4.74 Å². The van der Waals surface area contributed by atoms with Crippen molar-refractivity contribution in [2.75, 3.05) is 18.5 Å². The standard InChI is InChI=1S/C21H19N5O2/c27-21(25-18-3-1-2-14-11-22-7-4-17(14)18)15-10-19-20(23-12-15)26(13-24-19)16-5-8-28-9-6-16/h1-4,7,10-13,16H,5-6,8-9H2,(H,25,27). The minimum absolute atomic E-state index is 0.209. The lowest BCUT2D eigenvalue weighted by Gasteiger charge is -2.23. The van der Waals surface area contributed by atoms with E-state index in [-0.39, 0.29) is 5.91 Å². The van der Waals surface area contributed by atoms with Crippen LogP contribution in [0.1, 0.15) is 29.2 Å².